The Labute approximate surface area is 203 Å². The van der Waals surface area contributed by atoms with E-state index >= 15 is 0 Å². The molecule has 0 saturated heterocycles. The lowest BCUT2D eigenvalue weighted by atomic mass is 9.50. The summed E-state index contributed by atoms with van der Waals surface area (Å²) in [7, 11) is 1.51. The minimum absolute atomic E-state index is 0.0115. The second-order valence-corrected chi connectivity index (χ2v) is 11.0. The first-order chi connectivity index (χ1) is 16.9. The van der Waals surface area contributed by atoms with Crippen molar-refractivity contribution in [3.8, 4) is 0 Å². The molecule has 3 atom stereocenters. The zero-order valence-corrected chi connectivity index (χ0v) is 20.4. The molecule has 0 bridgehead atoms. The van der Waals surface area contributed by atoms with E-state index in [4.69, 9.17) is 9.72 Å². The Morgan fingerprint density at radius 1 is 1.06 bits per heavy atom. The molecule has 0 N–H and O–H groups in total. The largest absolute Gasteiger partial charge is 0.469 e. The molecule has 35 heavy (non-hydrogen) atoms. The molecule has 0 radical (unpaired) electrons. The van der Waals surface area contributed by atoms with Crippen LogP contribution in [0.2, 0.25) is 0 Å². The fraction of sp³-hybridized carbons (Fsp3) is 0.367. The predicted molar refractivity (Wildman–Crippen MR) is 138 cm³/mol. The van der Waals surface area contributed by atoms with E-state index in [1.54, 1.807) is 4.40 Å². The van der Waals surface area contributed by atoms with Crippen molar-refractivity contribution >= 4 is 44.2 Å². The zero-order chi connectivity index (χ0) is 24.1. The van der Waals surface area contributed by atoms with Crippen LogP contribution in [0.5, 0.6) is 0 Å². The number of benzene rings is 3. The summed E-state index contributed by atoms with van der Waals surface area (Å²) < 4.78 is 7.08. The average Bonchev–Trinajstić information content (AvgIpc) is 3.27. The minimum Gasteiger partial charge on any atom is -0.469 e. The van der Waals surface area contributed by atoms with E-state index in [1.807, 2.05) is 18.2 Å². The Hall–Kier alpha value is -3.47. The molecule has 1 saturated carbocycles. The molecular formula is C30H28N2O3. The molecule has 3 aromatic carbocycles. The molecule has 2 heterocycles. The van der Waals surface area contributed by atoms with Gasteiger partial charge in [0.2, 0.25) is 0 Å². The molecule has 1 fully saturated rings. The van der Waals surface area contributed by atoms with E-state index in [2.05, 4.69) is 44.2 Å². The summed E-state index contributed by atoms with van der Waals surface area (Å²) in [5.41, 5.74) is 4.45. The van der Waals surface area contributed by atoms with Crippen molar-refractivity contribution in [2.24, 2.45) is 11.3 Å². The lowest BCUT2D eigenvalue weighted by Crippen LogP contribution is -2.52. The van der Waals surface area contributed by atoms with Gasteiger partial charge in [-0.1, -0.05) is 49.7 Å². The first-order valence-electron chi connectivity index (χ1n) is 12.6. The second kappa shape index (κ2) is 6.81. The first kappa shape index (κ1) is 20.9. The van der Waals surface area contributed by atoms with Crippen molar-refractivity contribution in [3.63, 3.8) is 0 Å². The molecule has 176 valence electrons. The van der Waals surface area contributed by atoms with Crippen LogP contribution in [0, 0.1) is 11.3 Å². The number of fused-ring (bicyclic) bond motifs is 8. The van der Waals surface area contributed by atoms with Gasteiger partial charge < -0.3 is 4.74 Å². The van der Waals surface area contributed by atoms with Gasteiger partial charge in [-0.2, -0.15) is 0 Å². The van der Waals surface area contributed by atoms with Gasteiger partial charge in [0.05, 0.1) is 23.6 Å². The fourth-order valence-corrected chi connectivity index (χ4v) is 7.80. The van der Waals surface area contributed by atoms with Crippen molar-refractivity contribution in [1.82, 2.24) is 9.38 Å². The molecule has 2 aromatic heterocycles. The number of pyridine rings is 1. The molecule has 0 aliphatic heterocycles. The monoisotopic (exact) mass is 464 g/mol. The first-order valence-corrected chi connectivity index (χ1v) is 12.6. The Kier molecular flexibility index (Phi) is 4.06. The standard InChI is InChI=1S/C30H28N2O3/c1-29-15-6-16-30(2,28(34)35-3)23(29)14-11-18-21(29)12-13-22-25(18)31-26-19-9-4-7-17-8-5-10-20(24(17)19)27(33)32(22)26/h4-5,7-10,12-13,23H,6,11,14-16H2,1-3H3/t23-,29-,30-/m1/s1. The highest BCUT2D eigenvalue weighted by Gasteiger charge is 2.55. The van der Waals surface area contributed by atoms with Gasteiger partial charge in [-0.15, -0.1) is 0 Å². The number of hydrogen-bond donors (Lipinski definition) is 0. The van der Waals surface area contributed by atoms with Crippen LogP contribution < -0.4 is 5.56 Å². The normalized spacial score (nSPS) is 26.3. The van der Waals surface area contributed by atoms with Crippen LogP contribution in [0.15, 0.2) is 53.3 Å². The van der Waals surface area contributed by atoms with Gasteiger partial charge >= 0.3 is 5.97 Å². The number of rotatable bonds is 1. The third kappa shape index (κ3) is 2.46. The van der Waals surface area contributed by atoms with Gasteiger partial charge in [0.25, 0.3) is 5.56 Å². The molecule has 5 aromatic rings. The van der Waals surface area contributed by atoms with Crippen molar-refractivity contribution in [3.05, 3.63) is 70.0 Å². The summed E-state index contributed by atoms with van der Waals surface area (Å²) in [6.07, 6.45) is 4.67. The second-order valence-electron chi connectivity index (χ2n) is 11.0. The number of methoxy groups -OCH3 is 1. The van der Waals surface area contributed by atoms with E-state index in [1.165, 1.54) is 18.2 Å². The SMILES string of the molecule is COC(=O)[C@]1(C)CCC[C@]2(C)c3ccc4c(nc5c6cccc7cccc(c(=O)n45)c76)c3CC[C@@H]12. The number of carbonyl (C=O) groups is 1. The number of imidazole rings is 1. The molecule has 0 unspecified atom stereocenters. The molecule has 2 aliphatic rings. The highest BCUT2D eigenvalue weighted by Crippen LogP contribution is 2.58. The van der Waals surface area contributed by atoms with Crippen molar-refractivity contribution in [1.29, 1.82) is 0 Å². The highest BCUT2D eigenvalue weighted by molar-refractivity contribution is 6.15. The number of aryl methyl sites for hydroxylation is 1. The van der Waals surface area contributed by atoms with E-state index in [-0.39, 0.29) is 22.9 Å². The minimum atomic E-state index is -0.477. The van der Waals surface area contributed by atoms with E-state index in [0.29, 0.717) is 0 Å². The Morgan fingerprint density at radius 3 is 2.60 bits per heavy atom. The van der Waals surface area contributed by atoms with Gasteiger partial charge in [-0.3, -0.25) is 14.0 Å². The van der Waals surface area contributed by atoms with Crippen LogP contribution in [0.3, 0.4) is 0 Å². The number of hydrogen-bond acceptors (Lipinski definition) is 4. The van der Waals surface area contributed by atoms with Crippen LogP contribution in [0.1, 0.15) is 50.7 Å². The van der Waals surface area contributed by atoms with Crippen LogP contribution >= 0.6 is 0 Å². The number of esters is 1. The lowest BCUT2D eigenvalue weighted by Gasteiger charge is -2.54. The highest BCUT2D eigenvalue weighted by atomic mass is 16.5. The van der Waals surface area contributed by atoms with Crippen molar-refractivity contribution in [2.75, 3.05) is 7.11 Å². The summed E-state index contributed by atoms with van der Waals surface area (Å²) in [4.78, 5) is 31.7. The fourth-order valence-electron chi connectivity index (χ4n) is 7.80. The third-order valence-corrected chi connectivity index (χ3v) is 9.39. The molecule has 5 heteroatoms. The van der Waals surface area contributed by atoms with E-state index in [9.17, 15) is 9.59 Å². The van der Waals surface area contributed by atoms with Crippen molar-refractivity contribution in [2.45, 2.75) is 51.4 Å². The van der Waals surface area contributed by atoms with Gasteiger partial charge in [-0.25, -0.2) is 4.98 Å². The molecule has 7 rings (SSSR count). The Morgan fingerprint density at radius 2 is 1.83 bits per heavy atom. The summed E-state index contributed by atoms with van der Waals surface area (Å²) >= 11 is 0. The van der Waals surface area contributed by atoms with E-state index < -0.39 is 5.41 Å². The summed E-state index contributed by atoms with van der Waals surface area (Å²) in [6, 6.07) is 16.4. The predicted octanol–water partition coefficient (Wildman–Crippen LogP) is 5.78. The third-order valence-electron chi connectivity index (χ3n) is 9.39. The maximum Gasteiger partial charge on any atom is 0.311 e. The quantitative estimate of drug-likeness (QED) is 0.295. The lowest BCUT2D eigenvalue weighted by molar-refractivity contribution is -0.161. The Balaban J connectivity index is 1.53. The number of nitrogens with zero attached hydrogens (tertiary/aromatic N) is 2. The van der Waals surface area contributed by atoms with Gasteiger partial charge in [0.1, 0.15) is 5.65 Å². The van der Waals surface area contributed by atoms with Crippen LogP contribution in [0.4, 0.5) is 0 Å². The maximum atomic E-state index is 13.7. The topological polar surface area (TPSA) is 60.7 Å². The number of ether oxygens (including phenoxy) is 1. The summed E-state index contributed by atoms with van der Waals surface area (Å²) in [5.74, 6) is 0.130. The Bertz CT molecular complexity index is 1750. The van der Waals surface area contributed by atoms with Crippen LogP contribution in [-0.4, -0.2) is 22.5 Å². The molecule has 0 spiro atoms. The summed E-state index contributed by atoms with van der Waals surface area (Å²) in [6.45, 7) is 4.41. The molecule has 0 amide bonds. The van der Waals surface area contributed by atoms with Crippen LogP contribution in [-0.2, 0) is 21.4 Å². The molecule has 5 nitrogen and oxygen atoms in total. The summed E-state index contributed by atoms with van der Waals surface area (Å²) in [5, 5.41) is 3.80. The smallest absolute Gasteiger partial charge is 0.311 e. The van der Waals surface area contributed by atoms with Gasteiger partial charge in [0, 0.05) is 16.2 Å². The number of aromatic nitrogens is 2. The molecule has 2 aliphatic carbocycles. The molecular weight excluding hydrogens is 436 g/mol. The van der Waals surface area contributed by atoms with Gasteiger partial charge in [-0.05, 0) is 72.6 Å². The van der Waals surface area contributed by atoms with Crippen LogP contribution in [0.25, 0.3) is 38.2 Å². The average molecular weight is 465 g/mol. The van der Waals surface area contributed by atoms with E-state index in [0.717, 1.165) is 70.3 Å². The maximum absolute atomic E-state index is 13.7. The van der Waals surface area contributed by atoms with Gasteiger partial charge in [0.15, 0.2) is 0 Å². The van der Waals surface area contributed by atoms with Crippen molar-refractivity contribution < 1.29 is 9.53 Å². The number of carbonyl (C=O) groups excluding carboxylic acids is 1. The zero-order valence-electron chi connectivity index (χ0n) is 20.4.